The first-order valence-electron chi connectivity index (χ1n) is 4.55. The molecule has 2 rings (SSSR count). The second kappa shape index (κ2) is 4.03. The van der Waals surface area contributed by atoms with E-state index in [-0.39, 0.29) is 0 Å². The Balaban J connectivity index is 0.000000396. The first kappa shape index (κ1) is 9.71. The highest BCUT2D eigenvalue weighted by Crippen LogP contribution is 2.13. The molecule has 3 nitrogen and oxygen atoms in total. The lowest BCUT2D eigenvalue weighted by Crippen LogP contribution is -1.78. The SMILES string of the molecule is CC.Cc1cc2c(C)[nH]nc2cn1. The largest absolute Gasteiger partial charge is 0.282 e. The number of hydrogen-bond donors (Lipinski definition) is 1. The van der Waals surface area contributed by atoms with E-state index in [1.54, 1.807) is 6.20 Å². The van der Waals surface area contributed by atoms with Crippen molar-refractivity contribution in [1.82, 2.24) is 15.2 Å². The predicted octanol–water partition coefficient (Wildman–Crippen LogP) is 2.60. The third-order valence-corrected chi connectivity index (χ3v) is 1.77. The van der Waals surface area contributed by atoms with Crippen LogP contribution in [0.5, 0.6) is 0 Å². The highest BCUT2D eigenvalue weighted by atomic mass is 15.1. The van der Waals surface area contributed by atoms with Crippen LogP contribution < -0.4 is 0 Å². The van der Waals surface area contributed by atoms with E-state index < -0.39 is 0 Å². The molecule has 13 heavy (non-hydrogen) atoms. The molecule has 0 bridgehead atoms. The molecule has 3 heteroatoms. The Morgan fingerprint density at radius 2 is 1.92 bits per heavy atom. The molecule has 0 atom stereocenters. The number of fused-ring (bicyclic) bond motifs is 1. The average Bonchev–Trinajstić information content (AvgIpc) is 2.52. The fourth-order valence-corrected chi connectivity index (χ4v) is 1.15. The zero-order valence-corrected chi connectivity index (χ0v) is 8.55. The van der Waals surface area contributed by atoms with E-state index in [4.69, 9.17) is 0 Å². The molecule has 70 valence electrons. The summed E-state index contributed by atoms with van der Waals surface area (Å²) in [4.78, 5) is 4.14. The number of aryl methyl sites for hydroxylation is 2. The third-order valence-electron chi connectivity index (χ3n) is 1.77. The molecule has 1 N–H and O–H groups in total. The molecule has 2 aromatic heterocycles. The minimum Gasteiger partial charge on any atom is -0.282 e. The lowest BCUT2D eigenvalue weighted by atomic mass is 10.2. The molecule has 0 amide bonds. The van der Waals surface area contributed by atoms with E-state index in [9.17, 15) is 0 Å². The fraction of sp³-hybridized carbons (Fsp3) is 0.400. The molecule has 0 aromatic carbocycles. The summed E-state index contributed by atoms with van der Waals surface area (Å²) >= 11 is 0. The van der Waals surface area contributed by atoms with Crippen LogP contribution in [0.15, 0.2) is 12.3 Å². The van der Waals surface area contributed by atoms with Gasteiger partial charge in [-0.05, 0) is 19.9 Å². The van der Waals surface area contributed by atoms with E-state index in [0.29, 0.717) is 0 Å². The van der Waals surface area contributed by atoms with Gasteiger partial charge in [0.25, 0.3) is 0 Å². The number of pyridine rings is 1. The number of H-pyrrole nitrogens is 1. The second-order valence-electron chi connectivity index (χ2n) is 2.69. The van der Waals surface area contributed by atoms with Gasteiger partial charge in [0.15, 0.2) is 0 Å². The van der Waals surface area contributed by atoms with E-state index in [1.165, 1.54) is 0 Å². The summed E-state index contributed by atoms with van der Waals surface area (Å²) in [6.07, 6.45) is 1.79. The van der Waals surface area contributed by atoms with E-state index >= 15 is 0 Å². The lowest BCUT2D eigenvalue weighted by molar-refractivity contribution is 1.07. The van der Waals surface area contributed by atoms with Crippen molar-refractivity contribution in [2.45, 2.75) is 27.7 Å². The van der Waals surface area contributed by atoms with Crippen LogP contribution in [0.2, 0.25) is 0 Å². The van der Waals surface area contributed by atoms with Crippen LogP contribution in [0.4, 0.5) is 0 Å². The first-order chi connectivity index (χ1) is 6.27. The van der Waals surface area contributed by atoms with Crippen LogP contribution in [0.25, 0.3) is 10.9 Å². The molecule has 0 saturated heterocycles. The highest BCUT2D eigenvalue weighted by molar-refractivity contribution is 5.80. The number of rotatable bonds is 0. The van der Waals surface area contributed by atoms with Crippen molar-refractivity contribution in [3.63, 3.8) is 0 Å². The molecule has 2 aromatic rings. The van der Waals surface area contributed by atoms with Crippen molar-refractivity contribution >= 4 is 10.9 Å². The van der Waals surface area contributed by atoms with Gasteiger partial charge >= 0.3 is 0 Å². The molecule has 0 unspecified atom stereocenters. The molecule has 0 aliphatic heterocycles. The predicted molar refractivity (Wildman–Crippen MR) is 54.7 cm³/mol. The third kappa shape index (κ3) is 1.86. The van der Waals surface area contributed by atoms with Gasteiger partial charge in [-0.15, -0.1) is 0 Å². The van der Waals surface area contributed by atoms with Crippen LogP contribution >= 0.6 is 0 Å². The molecule has 0 spiro atoms. The molecule has 0 aliphatic carbocycles. The smallest absolute Gasteiger partial charge is 0.111 e. The number of nitrogens with zero attached hydrogens (tertiary/aromatic N) is 2. The summed E-state index contributed by atoms with van der Waals surface area (Å²) in [5.74, 6) is 0. The van der Waals surface area contributed by atoms with E-state index in [0.717, 1.165) is 22.3 Å². The standard InChI is InChI=1S/C8H9N3.C2H6/c1-5-3-7-6(2)10-11-8(7)4-9-5;1-2/h3-4H,1-2H3,(H,10,11);1-2H3. The number of hydrogen-bond acceptors (Lipinski definition) is 2. The van der Waals surface area contributed by atoms with Gasteiger partial charge in [0.2, 0.25) is 0 Å². The van der Waals surface area contributed by atoms with Gasteiger partial charge < -0.3 is 0 Å². The summed E-state index contributed by atoms with van der Waals surface area (Å²) in [7, 11) is 0. The van der Waals surface area contributed by atoms with E-state index in [1.807, 2.05) is 33.8 Å². The zero-order chi connectivity index (χ0) is 9.84. The Kier molecular flexibility index (Phi) is 3.01. The molecule has 0 radical (unpaired) electrons. The number of aromatic amines is 1. The number of aromatic nitrogens is 3. The highest BCUT2D eigenvalue weighted by Gasteiger charge is 1.99. The fourth-order valence-electron chi connectivity index (χ4n) is 1.15. The van der Waals surface area contributed by atoms with Crippen LogP contribution in [0, 0.1) is 13.8 Å². The van der Waals surface area contributed by atoms with Gasteiger partial charge in [-0.1, -0.05) is 13.8 Å². The first-order valence-corrected chi connectivity index (χ1v) is 4.55. The lowest BCUT2D eigenvalue weighted by Gasteiger charge is -1.90. The Morgan fingerprint density at radius 3 is 2.62 bits per heavy atom. The van der Waals surface area contributed by atoms with E-state index in [2.05, 4.69) is 15.2 Å². The minimum absolute atomic E-state index is 0.938. The second-order valence-corrected chi connectivity index (χ2v) is 2.69. The average molecular weight is 177 g/mol. The molecular formula is C10H15N3. The number of nitrogens with one attached hydrogen (secondary N) is 1. The summed E-state index contributed by atoms with van der Waals surface area (Å²) < 4.78 is 0. The van der Waals surface area contributed by atoms with Crippen LogP contribution in [0.1, 0.15) is 25.2 Å². The molecule has 2 heterocycles. The van der Waals surface area contributed by atoms with Gasteiger partial charge in [-0.25, -0.2) is 0 Å². The summed E-state index contributed by atoms with van der Waals surface area (Å²) in [5, 5.41) is 8.15. The normalized spacial score (nSPS) is 9.54. The van der Waals surface area contributed by atoms with Crippen LogP contribution in [-0.4, -0.2) is 15.2 Å². The van der Waals surface area contributed by atoms with Crippen molar-refractivity contribution in [1.29, 1.82) is 0 Å². The van der Waals surface area contributed by atoms with Gasteiger partial charge in [-0.3, -0.25) is 10.1 Å². The minimum atomic E-state index is 0.938. The van der Waals surface area contributed by atoms with Crippen molar-refractivity contribution in [2.75, 3.05) is 0 Å². The van der Waals surface area contributed by atoms with Crippen molar-refractivity contribution in [2.24, 2.45) is 0 Å². The summed E-state index contributed by atoms with van der Waals surface area (Å²) in [6, 6.07) is 2.04. The van der Waals surface area contributed by atoms with Crippen molar-refractivity contribution < 1.29 is 0 Å². The summed E-state index contributed by atoms with van der Waals surface area (Å²) in [6.45, 7) is 7.99. The topological polar surface area (TPSA) is 41.6 Å². The Labute approximate surface area is 78.2 Å². The summed E-state index contributed by atoms with van der Waals surface area (Å²) in [5.41, 5.74) is 3.07. The van der Waals surface area contributed by atoms with Crippen LogP contribution in [0.3, 0.4) is 0 Å². The maximum atomic E-state index is 4.14. The van der Waals surface area contributed by atoms with Gasteiger partial charge in [-0.2, -0.15) is 5.10 Å². The van der Waals surface area contributed by atoms with Gasteiger partial charge in [0.1, 0.15) is 5.52 Å². The van der Waals surface area contributed by atoms with Crippen molar-refractivity contribution in [3.8, 4) is 0 Å². The molecule has 0 fully saturated rings. The Morgan fingerprint density at radius 1 is 1.23 bits per heavy atom. The molecule has 0 saturated carbocycles. The Hall–Kier alpha value is -1.38. The quantitative estimate of drug-likeness (QED) is 0.672. The monoisotopic (exact) mass is 177 g/mol. The molecule has 0 aliphatic rings. The van der Waals surface area contributed by atoms with Crippen molar-refractivity contribution in [3.05, 3.63) is 23.7 Å². The van der Waals surface area contributed by atoms with Gasteiger partial charge in [0, 0.05) is 16.8 Å². The van der Waals surface area contributed by atoms with Gasteiger partial charge in [0.05, 0.1) is 6.20 Å². The Bertz CT molecular complexity index is 390. The molecular weight excluding hydrogens is 162 g/mol. The maximum absolute atomic E-state index is 4.14. The zero-order valence-electron chi connectivity index (χ0n) is 8.55. The van der Waals surface area contributed by atoms with Crippen LogP contribution in [-0.2, 0) is 0 Å². The maximum Gasteiger partial charge on any atom is 0.111 e.